The highest BCUT2D eigenvalue weighted by molar-refractivity contribution is 7.10. The smallest absolute Gasteiger partial charge is 0.317 e. The lowest BCUT2D eigenvalue weighted by molar-refractivity contribution is 0.195. The van der Waals surface area contributed by atoms with Crippen LogP contribution in [0.2, 0.25) is 0 Å². The summed E-state index contributed by atoms with van der Waals surface area (Å²) >= 11 is 3.38. The number of rotatable bonds is 6. The molecule has 1 atom stereocenters. The van der Waals surface area contributed by atoms with E-state index in [1.54, 1.807) is 27.6 Å². The first-order valence-corrected chi connectivity index (χ1v) is 10.1. The summed E-state index contributed by atoms with van der Waals surface area (Å²) in [6, 6.07) is 4.50. The normalized spacial score (nSPS) is 16.2. The van der Waals surface area contributed by atoms with Crippen LogP contribution in [0.5, 0.6) is 0 Å². The molecule has 2 aromatic rings. The van der Waals surface area contributed by atoms with E-state index in [4.69, 9.17) is 0 Å². The summed E-state index contributed by atoms with van der Waals surface area (Å²) in [5.41, 5.74) is 0.949. The molecule has 1 saturated heterocycles. The second-order valence-electron chi connectivity index (χ2n) is 6.17. The fourth-order valence-electron chi connectivity index (χ4n) is 3.06. The molecule has 3 rings (SSSR count). The molecule has 2 amide bonds. The van der Waals surface area contributed by atoms with Crippen LogP contribution in [0, 0.1) is 6.92 Å². The second kappa shape index (κ2) is 8.09. The van der Waals surface area contributed by atoms with Crippen molar-refractivity contribution < 1.29 is 4.79 Å². The number of amides is 2. The summed E-state index contributed by atoms with van der Waals surface area (Å²) < 4.78 is 0. The van der Waals surface area contributed by atoms with Gasteiger partial charge in [0.15, 0.2) is 0 Å². The Hall–Kier alpha value is -1.44. The minimum Gasteiger partial charge on any atom is -0.336 e. The van der Waals surface area contributed by atoms with E-state index in [2.05, 4.69) is 32.7 Å². The molecule has 7 heteroatoms. The number of aryl methyl sites for hydroxylation is 1. The molecule has 1 N–H and O–H groups in total. The van der Waals surface area contributed by atoms with Gasteiger partial charge in [-0.15, -0.1) is 22.7 Å². The molecular weight excluding hydrogens is 340 g/mol. The zero-order valence-electron chi connectivity index (χ0n) is 14.2. The number of thiophene rings is 1. The van der Waals surface area contributed by atoms with Crippen molar-refractivity contribution in [2.24, 2.45) is 0 Å². The quantitative estimate of drug-likeness (QED) is 0.853. The number of nitrogens with one attached hydrogen (secondary N) is 1. The van der Waals surface area contributed by atoms with Gasteiger partial charge in [-0.1, -0.05) is 6.07 Å². The first kappa shape index (κ1) is 17.4. The third-order valence-electron chi connectivity index (χ3n) is 4.31. The first-order chi connectivity index (χ1) is 11.6. The van der Waals surface area contributed by atoms with Crippen molar-refractivity contribution in [3.05, 3.63) is 38.5 Å². The Labute approximate surface area is 151 Å². The van der Waals surface area contributed by atoms with Crippen molar-refractivity contribution in [3.8, 4) is 0 Å². The van der Waals surface area contributed by atoms with Crippen LogP contribution < -0.4 is 5.32 Å². The average molecular weight is 365 g/mol. The van der Waals surface area contributed by atoms with Crippen LogP contribution in [0.3, 0.4) is 0 Å². The van der Waals surface area contributed by atoms with Crippen LogP contribution in [0.1, 0.15) is 34.5 Å². The SMILES string of the molecule is Cc1nc(CN(C)C(=O)NCC(c2cccs2)N2CCCC2)cs1. The summed E-state index contributed by atoms with van der Waals surface area (Å²) in [6.45, 7) is 5.41. The van der Waals surface area contributed by atoms with Gasteiger partial charge in [-0.05, 0) is 44.3 Å². The van der Waals surface area contributed by atoms with E-state index in [1.165, 1.54) is 17.7 Å². The van der Waals surface area contributed by atoms with E-state index in [0.717, 1.165) is 23.8 Å². The molecule has 1 fully saturated rings. The van der Waals surface area contributed by atoms with Gasteiger partial charge in [0.05, 0.1) is 23.3 Å². The number of thiazole rings is 1. The number of likely N-dealkylation sites (tertiary alicyclic amines) is 1. The van der Waals surface area contributed by atoms with Gasteiger partial charge in [0.25, 0.3) is 0 Å². The van der Waals surface area contributed by atoms with E-state index < -0.39 is 0 Å². The molecule has 0 bridgehead atoms. The van der Waals surface area contributed by atoms with E-state index in [-0.39, 0.29) is 12.1 Å². The zero-order valence-corrected chi connectivity index (χ0v) is 15.8. The van der Waals surface area contributed by atoms with E-state index in [0.29, 0.717) is 13.1 Å². The summed E-state index contributed by atoms with van der Waals surface area (Å²) in [7, 11) is 1.82. The molecule has 5 nitrogen and oxygen atoms in total. The van der Waals surface area contributed by atoms with Crippen LogP contribution in [0.4, 0.5) is 4.79 Å². The predicted molar refractivity (Wildman–Crippen MR) is 99.6 cm³/mol. The highest BCUT2D eigenvalue weighted by Gasteiger charge is 2.25. The first-order valence-electron chi connectivity index (χ1n) is 8.31. The Balaban J connectivity index is 1.56. The van der Waals surface area contributed by atoms with Gasteiger partial charge in [-0.3, -0.25) is 4.90 Å². The number of aromatic nitrogens is 1. The third-order valence-corrected chi connectivity index (χ3v) is 6.11. The van der Waals surface area contributed by atoms with Gasteiger partial charge in [-0.25, -0.2) is 9.78 Å². The van der Waals surface area contributed by atoms with Gasteiger partial charge < -0.3 is 10.2 Å². The molecule has 1 aliphatic heterocycles. The summed E-state index contributed by atoms with van der Waals surface area (Å²) in [5, 5.41) is 8.26. The van der Waals surface area contributed by atoms with Crippen molar-refractivity contribution in [3.63, 3.8) is 0 Å². The predicted octanol–water partition coefficient (Wildman–Crippen LogP) is 3.49. The van der Waals surface area contributed by atoms with Crippen LogP contribution in [0.15, 0.2) is 22.9 Å². The van der Waals surface area contributed by atoms with Crippen molar-refractivity contribution in [2.45, 2.75) is 32.4 Å². The molecule has 0 spiro atoms. The summed E-state index contributed by atoms with van der Waals surface area (Å²) in [6.07, 6.45) is 2.50. The Morgan fingerprint density at radius 2 is 2.21 bits per heavy atom. The molecule has 0 saturated carbocycles. The Morgan fingerprint density at radius 3 is 2.83 bits per heavy atom. The fraction of sp³-hybridized carbons (Fsp3) is 0.529. The highest BCUT2D eigenvalue weighted by Crippen LogP contribution is 2.27. The molecule has 2 aromatic heterocycles. The zero-order chi connectivity index (χ0) is 16.9. The Bertz CT molecular complexity index is 649. The van der Waals surface area contributed by atoms with Gasteiger partial charge in [0.2, 0.25) is 0 Å². The maximum absolute atomic E-state index is 12.4. The minimum absolute atomic E-state index is 0.0404. The lowest BCUT2D eigenvalue weighted by atomic mass is 10.2. The molecule has 1 unspecified atom stereocenters. The summed E-state index contributed by atoms with van der Waals surface area (Å²) in [5.74, 6) is 0. The third kappa shape index (κ3) is 4.34. The Morgan fingerprint density at radius 1 is 1.42 bits per heavy atom. The van der Waals surface area contributed by atoms with Gasteiger partial charge >= 0.3 is 6.03 Å². The van der Waals surface area contributed by atoms with E-state index in [9.17, 15) is 4.79 Å². The monoisotopic (exact) mass is 364 g/mol. The van der Waals surface area contributed by atoms with Crippen LogP contribution in [-0.2, 0) is 6.54 Å². The number of carbonyl (C=O) groups excluding carboxylic acids is 1. The number of nitrogens with zero attached hydrogens (tertiary/aromatic N) is 3. The van der Waals surface area contributed by atoms with Crippen LogP contribution in [-0.4, -0.2) is 47.5 Å². The minimum atomic E-state index is -0.0404. The van der Waals surface area contributed by atoms with Crippen molar-refractivity contribution >= 4 is 28.7 Å². The fourth-order valence-corrected chi connectivity index (χ4v) is 4.52. The number of hydrogen-bond acceptors (Lipinski definition) is 5. The van der Waals surface area contributed by atoms with Crippen LogP contribution in [0.25, 0.3) is 0 Å². The van der Waals surface area contributed by atoms with Gasteiger partial charge in [0, 0.05) is 23.8 Å². The van der Waals surface area contributed by atoms with E-state index in [1.807, 2.05) is 19.4 Å². The lowest BCUT2D eigenvalue weighted by Gasteiger charge is -2.28. The lowest BCUT2D eigenvalue weighted by Crippen LogP contribution is -2.42. The summed E-state index contributed by atoms with van der Waals surface area (Å²) in [4.78, 5) is 22.3. The molecule has 3 heterocycles. The topological polar surface area (TPSA) is 48.5 Å². The largest absolute Gasteiger partial charge is 0.336 e. The maximum Gasteiger partial charge on any atom is 0.317 e. The second-order valence-corrected chi connectivity index (χ2v) is 8.22. The molecule has 1 aliphatic rings. The molecule has 0 radical (unpaired) electrons. The van der Waals surface area contributed by atoms with E-state index >= 15 is 0 Å². The molecule has 0 aliphatic carbocycles. The molecular formula is C17H24N4OS2. The van der Waals surface area contributed by atoms with Crippen molar-refractivity contribution in [1.82, 2.24) is 20.1 Å². The standard InChI is InChI=1S/C17H24N4OS2/c1-13-19-14(12-24-13)11-20(2)17(22)18-10-15(16-6-5-9-23-16)21-7-3-4-8-21/h5-6,9,12,15H,3-4,7-8,10-11H2,1-2H3,(H,18,22). The highest BCUT2D eigenvalue weighted by atomic mass is 32.1. The molecule has 24 heavy (non-hydrogen) atoms. The molecule has 130 valence electrons. The van der Waals surface area contributed by atoms with Gasteiger partial charge in [-0.2, -0.15) is 0 Å². The average Bonchev–Trinajstić information content (AvgIpc) is 3.30. The van der Waals surface area contributed by atoms with Crippen molar-refractivity contribution in [2.75, 3.05) is 26.7 Å². The van der Waals surface area contributed by atoms with Crippen LogP contribution >= 0.6 is 22.7 Å². The Kier molecular flexibility index (Phi) is 5.86. The van der Waals surface area contributed by atoms with Crippen molar-refractivity contribution in [1.29, 1.82) is 0 Å². The number of hydrogen-bond donors (Lipinski definition) is 1. The number of urea groups is 1. The molecule has 0 aromatic carbocycles. The maximum atomic E-state index is 12.4. The number of carbonyl (C=O) groups is 1. The van der Waals surface area contributed by atoms with Gasteiger partial charge in [0.1, 0.15) is 0 Å².